The van der Waals surface area contributed by atoms with E-state index in [9.17, 15) is 4.79 Å². The first kappa shape index (κ1) is 11.5. The molecule has 0 aromatic heterocycles. The third-order valence-electron chi connectivity index (χ3n) is 3.44. The van der Waals surface area contributed by atoms with Crippen LogP contribution >= 0.6 is 0 Å². The van der Waals surface area contributed by atoms with E-state index >= 15 is 0 Å². The molecule has 0 bridgehead atoms. The number of hydrogen-bond donors (Lipinski definition) is 1. The average Bonchev–Trinajstić information content (AvgIpc) is 2.10. The van der Waals surface area contributed by atoms with Crippen molar-refractivity contribution in [2.24, 2.45) is 5.41 Å². The lowest BCUT2D eigenvalue weighted by atomic mass is 9.86. The zero-order chi connectivity index (χ0) is 11.1. The van der Waals surface area contributed by atoms with E-state index in [1.54, 1.807) is 4.90 Å². The molecule has 3 atom stereocenters. The number of carbonyl (C=O) groups is 1. The number of nitrogens with one attached hydrogen (secondary N) is 1. The molecular formula is C11H22N2O. The van der Waals surface area contributed by atoms with E-state index in [2.05, 4.69) is 39.9 Å². The number of likely N-dealkylation sites (N-methyl/N-ethyl adjacent to an activating group) is 1. The number of likely N-dealkylation sites (tertiary alicyclic amines) is 1. The lowest BCUT2D eigenvalue weighted by molar-refractivity contribution is -0.148. The molecule has 1 aliphatic rings. The number of rotatable bonds is 2. The molecule has 0 aromatic carbocycles. The Morgan fingerprint density at radius 3 is 2.29 bits per heavy atom. The summed E-state index contributed by atoms with van der Waals surface area (Å²) in [5, 5.41) is 3.40. The smallest absolute Gasteiger partial charge is 0.241 e. The van der Waals surface area contributed by atoms with Crippen LogP contribution in [0.4, 0.5) is 0 Å². The number of hydrogen-bond acceptors (Lipinski definition) is 2. The quantitative estimate of drug-likeness (QED) is 0.677. The normalized spacial score (nSPS) is 30.1. The van der Waals surface area contributed by atoms with Gasteiger partial charge in [-0.05, 0) is 19.3 Å². The van der Waals surface area contributed by atoms with Gasteiger partial charge in [-0.3, -0.25) is 4.79 Å². The zero-order valence-corrected chi connectivity index (χ0v) is 10.1. The van der Waals surface area contributed by atoms with Gasteiger partial charge in [0.25, 0.3) is 0 Å². The summed E-state index contributed by atoms with van der Waals surface area (Å²) in [4.78, 5) is 13.3. The van der Waals surface area contributed by atoms with Crippen LogP contribution in [0.3, 0.4) is 0 Å². The topological polar surface area (TPSA) is 32.3 Å². The number of β-lactam (4-membered cyclic amide) rings is 1. The third-order valence-corrected chi connectivity index (χ3v) is 3.44. The Balaban J connectivity index is 2.51. The first-order valence-electron chi connectivity index (χ1n) is 5.28. The molecule has 1 saturated heterocycles. The van der Waals surface area contributed by atoms with Gasteiger partial charge in [0.2, 0.25) is 5.91 Å². The molecule has 1 amide bonds. The molecule has 1 N–H and O–H groups in total. The molecule has 1 fully saturated rings. The molecule has 82 valence electrons. The molecule has 0 aliphatic carbocycles. The number of carbonyl (C=O) groups excluding carboxylic acids is 1. The molecule has 1 heterocycles. The van der Waals surface area contributed by atoms with Crippen LogP contribution in [0.2, 0.25) is 0 Å². The zero-order valence-electron chi connectivity index (χ0n) is 10.1. The van der Waals surface area contributed by atoms with Crippen molar-refractivity contribution in [3.63, 3.8) is 0 Å². The van der Waals surface area contributed by atoms with Crippen molar-refractivity contribution < 1.29 is 4.79 Å². The molecule has 3 nitrogen and oxygen atoms in total. The largest absolute Gasteiger partial charge is 0.340 e. The molecule has 0 aromatic rings. The Morgan fingerprint density at radius 1 is 1.43 bits per heavy atom. The van der Waals surface area contributed by atoms with Crippen LogP contribution in [0, 0.1) is 5.41 Å². The minimum absolute atomic E-state index is 0.0224. The van der Waals surface area contributed by atoms with E-state index in [1.165, 1.54) is 0 Å². The summed E-state index contributed by atoms with van der Waals surface area (Å²) in [6.07, 6.45) is 0. The van der Waals surface area contributed by atoms with E-state index in [1.807, 2.05) is 7.05 Å². The van der Waals surface area contributed by atoms with Gasteiger partial charge < -0.3 is 10.2 Å². The third kappa shape index (κ3) is 1.92. The average molecular weight is 198 g/mol. The van der Waals surface area contributed by atoms with E-state index in [0.29, 0.717) is 12.1 Å². The minimum atomic E-state index is 0.0224. The summed E-state index contributed by atoms with van der Waals surface area (Å²) in [5.74, 6) is 0.216. The lowest BCUT2D eigenvalue weighted by Crippen LogP contribution is -2.69. The number of amides is 1. The van der Waals surface area contributed by atoms with Crippen molar-refractivity contribution in [1.82, 2.24) is 10.2 Å². The van der Waals surface area contributed by atoms with Crippen molar-refractivity contribution >= 4 is 5.91 Å². The highest BCUT2D eigenvalue weighted by atomic mass is 16.2. The fourth-order valence-corrected chi connectivity index (χ4v) is 1.50. The summed E-state index contributed by atoms with van der Waals surface area (Å²) < 4.78 is 0. The van der Waals surface area contributed by atoms with Crippen LogP contribution in [0.1, 0.15) is 34.6 Å². The first-order valence-corrected chi connectivity index (χ1v) is 5.28. The summed E-state index contributed by atoms with van der Waals surface area (Å²) in [5.41, 5.74) is 0.203. The van der Waals surface area contributed by atoms with E-state index < -0.39 is 0 Å². The van der Waals surface area contributed by atoms with Gasteiger partial charge in [0, 0.05) is 13.1 Å². The van der Waals surface area contributed by atoms with Crippen LogP contribution in [0.25, 0.3) is 0 Å². The lowest BCUT2D eigenvalue weighted by Gasteiger charge is -2.46. The predicted molar refractivity (Wildman–Crippen MR) is 58.1 cm³/mol. The maximum absolute atomic E-state index is 11.5. The fourth-order valence-electron chi connectivity index (χ4n) is 1.50. The molecule has 3 heteroatoms. The van der Waals surface area contributed by atoms with Crippen LogP contribution in [-0.2, 0) is 4.79 Å². The first-order chi connectivity index (χ1) is 6.25. The monoisotopic (exact) mass is 198 g/mol. The van der Waals surface area contributed by atoms with Crippen molar-refractivity contribution in [3.05, 3.63) is 0 Å². The Kier molecular flexibility index (Phi) is 2.91. The van der Waals surface area contributed by atoms with Crippen LogP contribution in [0.15, 0.2) is 0 Å². The highest BCUT2D eigenvalue weighted by molar-refractivity contribution is 5.89. The van der Waals surface area contributed by atoms with Crippen LogP contribution in [0.5, 0.6) is 0 Å². The summed E-state index contributed by atoms with van der Waals surface area (Å²) >= 11 is 0. The molecule has 0 radical (unpaired) electrons. The van der Waals surface area contributed by atoms with Crippen LogP contribution in [-0.4, -0.2) is 36.0 Å². The molecule has 0 saturated carbocycles. The summed E-state index contributed by atoms with van der Waals surface area (Å²) in [6, 6.07) is 0.703. The van der Waals surface area contributed by atoms with Crippen molar-refractivity contribution in [2.45, 2.75) is 52.7 Å². The maximum atomic E-state index is 11.5. The van der Waals surface area contributed by atoms with Crippen LogP contribution < -0.4 is 5.32 Å². The standard InChI is InChI=1S/C11H22N2O/c1-7-9(10(14)13(7)6)12-8(2)11(3,4)5/h7-9,12H,1-6H3. The molecule has 3 unspecified atom stereocenters. The van der Waals surface area contributed by atoms with E-state index in [-0.39, 0.29) is 17.4 Å². The highest BCUT2D eigenvalue weighted by Gasteiger charge is 2.43. The number of nitrogens with zero attached hydrogens (tertiary/aromatic N) is 1. The van der Waals surface area contributed by atoms with E-state index in [0.717, 1.165) is 0 Å². The van der Waals surface area contributed by atoms with Gasteiger partial charge in [0.1, 0.15) is 6.04 Å². The molecular weight excluding hydrogens is 176 g/mol. The van der Waals surface area contributed by atoms with Gasteiger partial charge in [0.15, 0.2) is 0 Å². The van der Waals surface area contributed by atoms with Crippen molar-refractivity contribution in [3.8, 4) is 0 Å². The molecule has 0 spiro atoms. The second-order valence-corrected chi connectivity index (χ2v) is 5.42. The van der Waals surface area contributed by atoms with E-state index in [4.69, 9.17) is 0 Å². The second kappa shape index (κ2) is 3.54. The summed E-state index contributed by atoms with van der Waals surface area (Å²) in [7, 11) is 1.85. The van der Waals surface area contributed by atoms with Crippen molar-refractivity contribution in [1.29, 1.82) is 0 Å². The molecule has 1 rings (SSSR count). The minimum Gasteiger partial charge on any atom is -0.340 e. The van der Waals surface area contributed by atoms with Crippen molar-refractivity contribution in [2.75, 3.05) is 7.05 Å². The second-order valence-electron chi connectivity index (χ2n) is 5.42. The summed E-state index contributed by atoms with van der Waals surface area (Å²) in [6.45, 7) is 10.8. The Labute approximate surface area is 86.9 Å². The van der Waals surface area contributed by atoms with Gasteiger partial charge in [-0.15, -0.1) is 0 Å². The Morgan fingerprint density at radius 2 is 1.93 bits per heavy atom. The Bertz CT molecular complexity index is 232. The molecule has 14 heavy (non-hydrogen) atoms. The SMILES string of the molecule is CC1C(NC(C)C(C)(C)C)C(=O)N1C. The molecule has 1 aliphatic heterocycles. The predicted octanol–water partition coefficient (Wildman–Crippen LogP) is 1.24. The maximum Gasteiger partial charge on any atom is 0.241 e. The Hall–Kier alpha value is -0.570. The highest BCUT2D eigenvalue weighted by Crippen LogP contribution is 2.23. The van der Waals surface area contributed by atoms with Gasteiger partial charge in [0.05, 0.1) is 6.04 Å². The van der Waals surface area contributed by atoms with Gasteiger partial charge >= 0.3 is 0 Å². The van der Waals surface area contributed by atoms with Gasteiger partial charge in [-0.25, -0.2) is 0 Å². The van der Waals surface area contributed by atoms with Gasteiger partial charge in [-0.1, -0.05) is 20.8 Å². The van der Waals surface area contributed by atoms with Gasteiger partial charge in [-0.2, -0.15) is 0 Å². The fraction of sp³-hybridized carbons (Fsp3) is 0.909.